The van der Waals surface area contributed by atoms with Crippen LogP contribution in [0.1, 0.15) is 59.2 Å². The highest BCUT2D eigenvalue weighted by atomic mass is 32.1. The van der Waals surface area contributed by atoms with Crippen molar-refractivity contribution in [3.63, 3.8) is 0 Å². The molecule has 2 aromatic heterocycles. The van der Waals surface area contributed by atoms with Crippen LogP contribution in [-0.4, -0.2) is 43.5 Å². The third kappa shape index (κ3) is 4.35. The number of imidazole rings is 1. The molecule has 6 nitrogen and oxygen atoms in total. The third-order valence-corrected chi connectivity index (χ3v) is 7.42. The minimum absolute atomic E-state index is 0.000105. The molecule has 2 aromatic carbocycles. The maximum absolute atomic E-state index is 13.7. The van der Waals surface area contributed by atoms with E-state index in [2.05, 4.69) is 9.97 Å². The van der Waals surface area contributed by atoms with E-state index in [0.29, 0.717) is 18.7 Å². The van der Waals surface area contributed by atoms with Crippen molar-refractivity contribution in [2.45, 2.75) is 51.7 Å². The molecule has 5 rings (SSSR count). The Labute approximate surface area is 201 Å². The number of piperidine rings is 1. The van der Waals surface area contributed by atoms with Crippen molar-refractivity contribution in [2.75, 3.05) is 6.54 Å². The van der Waals surface area contributed by atoms with Gasteiger partial charge in [-0.25, -0.2) is 14.4 Å². The molecule has 3 heterocycles. The number of aromatic amines is 1. The molecule has 2 N–H and O–H groups in total. The number of hydrogen-bond acceptors (Lipinski definition) is 5. The first-order valence-corrected chi connectivity index (χ1v) is 12.4. The van der Waals surface area contributed by atoms with Gasteiger partial charge in [-0.1, -0.05) is 24.3 Å². The largest absolute Gasteiger partial charge is 0.389 e. The molecule has 2 unspecified atom stereocenters. The highest BCUT2D eigenvalue weighted by Gasteiger charge is 2.31. The summed E-state index contributed by atoms with van der Waals surface area (Å²) < 4.78 is 13.5. The second-order valence-electron chi connectivity index (χ2n) is 8.87. The first-order valence-electron chi connectivity index (χ1n) is 11.6. The van der Waals surface area contributed by atoms with Crippen LogP contribution >= 0.6 is 11.3 Å². The van der Waals surface area contributed by atoms with E-state index in [1.165, 1.54) is 23.5 Å². The van der Waals surface area contributed by atoms with Gasteiger partial charge >= 0.3 is 0 Å². The molecule has 2 atom stereocenters. The van der Waals surface area contributed by atoms with Crippen molar-refractivity contribution >= 4 is 28.3 Å². The molecule has 0 radical (unpaired) electrons. The molecule has 176 valence electrons. The molecule has 4 aromatic rings. The fourth-order valence-electron chi connectivity index (χ4n) is 4.75. The summed E-state index contributed by atoms with van der Waals surface area (Å²) in [5, 5.41) is 10.9. The molecule has 0 saturated carbocycles. The third-order valence-electron chi connectivity index (χ3n) is 6.40. The number of aryl methyl sites for hydroxylation is 1. The van der Waals surface area contributed by atoms with Crippen molar-refractivity contribution < 1.29 is 14.3 Å². The van der Waals surface area contributed by atoms with E-state index in [1.54, 1.807) is 19.1 Å². The summed E-state index contributed by atoms with van der Waals surface area (Å²) in [7, 11) is 0. The van der Waals surface area contributed by atoms with E-state index in [9.17, 15) is 14.3 Å². The molecule has 1 fully saturated rings. The number of hydrogen-bond donors (Lipinski definition) is 2. The fourth-order valence-corrected chi connectivity index (χ4v) is 5.66. The zero-order valence-electron chi connectivity index (χ0n) is 19.2. The average Bonchev–Trinajstić information content (AvgIpc) is 3.42. The van der Waals surface area contributed by atoms with Crippen LogP contribution in [0.2, 0.25) is 0 Å². The van der Waals surface area contributed by atoms with Gasteiger partial charge in [0.05, 0.1) is 27.0 Å². The van der Waals surface area contributed by atoms with Gasteiger partial charge < -0.3 is 15.0 Å². The number of aromatic nitrogens is 3. The van der Waals surface area contributed by atoms with Gasteiger partial charge in [0.15, 0.2) is 0 Å². The van der Waals surface area contributed by atoms with Gasteiger partial charge in [-0.15, -0.1) is 11.3 Å². The Bertz CT molecular complexity index is 1330. The van der Waals surface area contributed by atoms with Gasteiger partial charge in [-0.3, -0.25) is 4.79 Å². The highest BCUT2D eigenvalue weighted by molar-refractivity contribution is 7.15. The van der Waals surface area contributed by atoms with Crippen LogP contribution in [0, 0.1) is 12.7 Å². The van der Waals surface area contributed by atoms with E-state index in [1.807, 2.05) is 30.0 Å². The average molecular weight is 479 g/mol. The second kappa shape index (κ2) is 9.27. The monoisotopic (exact) mass is 478 g/mol. The summed E-state index contributed by atoms with van der Waals surface area (Å²) in [4.78, 5) is 29.1. The number of likely N-dealkylation sites (tertiary alicyclic amines) is 1. The topological polar surface area (TPSA) is 82.1 Å². The first kappa shape index (κ1) is 22.7. The number of para-hydroxylation sites is 1. The molecule has 0 aliphatic carbocycles. The summed E-state index contributed by atoms with van der Waals surface area (Å²) in [6.07, 6.45) is 2.89. The molecule has 1 saturated heterocycles. The Morgan fingerprint density at radius 3 is 2.79 bits per heavy atom. The van der Waals surface area contributed by atoms with Gasteiger partial charge in [0.25, 0.3) is 5.91 Å². The number of amides is 1. The number of nitrogens with zero attached hydrogens (tertiary/aromatic N) is 3. The number of carbonyl (C=O) groups excluding carboxylic acids is 1. The number of rotatable bonds is 5. The summed E-state index contributed by atoms with van der Waals surface area (Å²) >= 11 is 1.45. The number of H-pyrrole nitrogens is 1. The molecule has 0 spiro atoms. The second-order valence-corrected chi connectivity index (χ2v) is 10.1. The lowest BCUT2D eigenvalue weighted by Crippen LogP contribution is -2.45. The molecule has 0 bridgehead atoms. The standard InChI is InChI=1S/C26H27FN4O2S/c1-15(32)20-7-5-8-21-23(20)30-22(29-21)14-19-6-3-4-13-31(19)26(33)24-25(34-16(2)28-24)17-9-11-18(27)12-10-17/h5,7-12,15,19,32H,3-4,6,13-14H2,1-2H3,(H,29,30). The van der Waals surface area contributed by atoms with Gasteiger partial charge in [-0.05, 0) is 56.9 Å². The van der Waals surface area contributed by atoms with Crippen LogP contribution in [0.3, 0.4) is 0 Å². The fraction of sp³-hybridized carbons (Fsp3) is 0.346. The minimum Gasteiger partial charge on any atom is -0.389 e. The van der Waals surface area contributed by atoms with Gasteiger partial charge in [-0.2, -0.15) is 0 Å². The molecule has 1 aliphatic rings. The number of halogens is 1. The van der Waals surface area contributed by atoms with E-state index in [0.717, 1.165) is 57.1 Å². The Kier molecular flexibility index (Phi) is 6.18. The molecule has 8 heteroatoms. The summed E-state index contributed by atoms with van der Waals surface area (Å²) in [6.45, 7) is 4.29. The van der Waals surface area contributed by atoms with Crippen LogP contribution in [0.5, 0.6) is 0 Å². The predicted molar refractivity (Wildman–Crippen MR) is 131 cm³/mol. The number of fused-ring (bicyclic) bond motifs is 1. The van der Waals surface area contributed by atoms with Crippen LogP contribution < -0.4 is 0 Å². The molecule has 1 amide bonds. The van der Waals surface area contributed by atoms with Crippen molar-refractivity contribution in [2.24, 2.45) is 0 Å². The van der Waals surface area contributed by atoms with E-state index >= 15 is 0 Å². The van der Waals surface area contributed by atoms with Crippen LogP contribution in [0.15, 0.2) is 42.5 Å². The SMILES string of the molecule is Cc1nc(C(=O)N2CCCCC2Cc2nc3c(C(C)O)cccc3[nH]2)c(-c2ccc(F)cc2)s1. The summed E-state index contributed by atoms with van der Waals surface area (Å²) in [5.41, 5.74) is 3.68. The number of thiazole rings is 1. The number of aliphatic hydroxyl groups excluding tert-OH is 1. The smallest absolute Gasteiger partial charge is 0.274 e. The van der Waals surface area contributed by atoms with Crippen molar-refractivity contribution in [3.8, 4) is 10.4 Å². The number of aliphatic hydroxyl groups is 1. The van der Waals surface area contributed by atoms with E-state index < -0.39 is 6.10 Å². The molecule has 34 heavy (non-hydrogen) atoms. The van der Waals surface area contributed by atoms with Crippen LogP contribution in [0.4, 0.5) is 4.39 Å². The Morgan fingerprint density at radius 2 is 2.03 bits per heavy atom. The first-order chi connectivity index (χ1) is 16.4. The Balaban J connectivity index is 1.44. The van der Waals surface area contributed by atoms with E-state index in [-0.39, 0.29) is 17.8 Å². The lowest BCUT2D eigenvalue weighted by molar-refractivity contribution is 0.0607. The van der Waals surface area contributed by atoms with Crippen LogP contribution in [-0.2, 0) is 6.42 Å². The normalized spacial score (nSPS) is 17.3. The Hall–Kier alpha value is -3.10. The predicted octanol–water partition coefficient (Wildman–Crippen LogP) is 5.42. The maximum atomic E-state index is 13.7. The quantitative estimate of drug-likeness (QED) is 0.401. The highest BCUT2D eigenvalue weighted by Crippen LogP contribution is 2.33. The van der Waals surface area contributed by atoms with Gasteiger partial charge in [0.1, 0.15) is 17.3 Å². The van der Waals surface area contributed by atoms with Crippen molar-refractivity contribution in [1.82, 2.24) is 19.9 Å². The van der Waals surface area contributed by atoms with Crippen LogP contribution in [0.25, 0.3) is 21.5 Å². The minimum atomic E-state index is -0.606. The lowest BCUT2D eigenvalue weighted by Gasteiger charge is -2.35. The number of nitrogens with one attached hydrogen (secondary N) is 1. The summed E-state index contributed by atoms with van der Waals surface area (Å²) in [5.74, 6) is 0.411. The Morgan fingerprint density at radius 1 is 1.24 bits per heavy atom. The van der Waals surface area contributed by atoms with E-state index in [4.69, 9.17) is 4.98 Å². The van der Waals surface area contributed by atoms with Gasteiger partial charge in [0, 0.05) is 24.6 Å². The zero-order chi connectivity index (χ0) is 23.8. The molecular weight excluding hydrogens is 451 g/mol. The van der Waals surface area contributed by atoms with Gasteiger partial charge in [0.2, 0.25) is 0 Å². The number of benzene rings is 2. The van der Waals surface area contributed by atoms with Crippen molar-refractivity contribution in [1.29, 1.82) is 0 Å². The zero-order valence-corrected chi connectivity index (χ0v) is 20.0. The molecular formula is C26H27FN4O2S. The lowest BCUT2D eigenvalue weighted by atomic mass is 9.98. The number of carbonyl (C=O) groups is 1. The summed E-state index contributed by atoms with van der Waals surface area (Å²) in [6, 6.07) is 12.0. The maximum Gasteiger partial charge on any atom is 0.274 e. The van der Waals surface area contributed by atoms with Crippen molar-refractivity contribution in [3.05, 3.63) is 70.4 Å². The molecule has 1 aliphatic heterocycles.